The Kier molecular flexibility index (Phi) is 7.08. The summed E-state index contributed by atoms with van der Waals surface area (Å²) in [5.74, 6) is 0. The molecular weight excluding hydrogens is 199 g/mol. The van der Waals surface area contributed by atoms with Crippen LogP contribution in [0.3, 0.4) is 0 Å². The van der Waals surface area contributed by atoms with Crippen LogP contribution < -0.4 is 0 Å². The molecule has 0 fully saturated rings. The molecule has 0 spiro atoms. The fourth-order valence-electron chi connectivity index (χ4n) is 0.339. The van der Waals surface area contributed by atoms with E-state index in [1.54, 1.807) is 0 Å². The molecule has 0 aromatic rings. The van der Waals surface area contributed by atoms with Gasteiger partial charge in [-0.15, -0.1) is 0 Å². The Bertz CT molecular complexity index is 47.0. The average Bonchev–Trinajstić information content (AvgIpc) is 1.69. The van der Waals surface area contributed by atoms with Crippen molar-refractivity contribution in [1.82, 2.24) is 0 Å². The van der Waals surface area contributed by atoms with Gasteiger partial charge in [-0.2, -0.15) is 0 Å². The second-order valence-corrected chi connectivity index (χ2v) is 3.99. The second kappa shape index (κ2) is 6.56. The molecule has 0 atom stereocenters. The maximum atomic E-state index is 9.91. The van der Waals surface area contributed by atoms with Gasteiger partial charge in [0.25, 0.3) is 0 Å². The van der Waals surface area contributed by atoms with Gasteiger partial charge in [0.05, 0.1) is 0 Å². The molecule has 2 nitrogen and oxygen atoms in total. The molecule has 0 amide bonds. The van der Waals surface area contributed by atoms with Crippen molar-refractivity contribution >= 4 is 21.1 Å². The third-order valence-electron chi connectivity index (χ3n) is 0.730. The third-order valence-corrected chi connectivity index (χ3v) is 2.57. The van der Waals surface area contributed by atoms with E-state index >= 15 is 0 Å². The first-order chi connectivity index (χ1) is 3.41. The summed E-state index contributed by atoms with van der Waals surface area (Å²) < 4.78 is 10.8. The molecule has 0 aromatic carbocycles. The molecule has 0 unspecified atom stereocenters. The summed E-state index contributed by atoms with van der Waals surface area (Å²) in [4.78, 5) is 0. The van der Waals surface area contributed by atoms with Gasteiger partial charge in [-0.1, -0.05) is 0 Å². The van der Waals surface area contributed by atoms with Crippen molar-refractivity contribution in [1.29, 1.82) is 0 Å². The SMILES string of the molecule is [O]=[SnH][CH2]CCCO. The summed E-state index contributed by atoms with van der Waals surface area (Å²) >= 11 is -1.32. The first kappa shape index (κ1) is 7.56. The predicted octanol–water partition coefficient (Wildman–Crippen LogP) is -0.0408. The first-order valence-electron chi connectivity index (χ1n) is 2.46. The summed E-state index contributed by atoms with van der Waals surface area (Å²) in [6.07, 6.45) is 1.79. The topological polar surface area (TPSA) is 37.3 Å². The molecule has 0 heterocycles. The average molecular weight is 209 g/mol. The van der Waals surface area contributed by atoms with Crippen LogP contribution in [-0.2, 0) is 3.08 Å². The van der Waals surface area contributed by atoms with Crippen LogP contribution in [0.25, 0.3) is 0 Å². The van der Waals surface area contributed by atoms with Gasteiger partial charge in [-0.3, -0.25) is 0 Å². The van der Waals surface area contributed by atoms with Crippen LogP contribution in [0.2, 0.25) is 4.44 Å². The van der Waals surface area contributed by atoms with Crippen LogP contribution in [0.5, 0.6) is 0 Å². The van der Waals surface area contributed by atoms with E-state index < -0.39 is 21.1 Å². The van der Waals surface area contributed by atoms with Crippen LogP contribution in [0.15, 0.2) is 0 Å². The minimum atomic E-state index is -1.32. The zero-order chi connectivity index (χ0) is 5.54. The maximum absolute atomic E-state index is 9.91. The van der Waals surface area contributed by atoms with Gasteiger partial charge in [0.2, 0.25) is 0 Å². The number of hydrogen-bond donors (Lipinski definition) is 1. The molecule has 0 rings (SSSR count). The molecule has 7 heavy (non-hydrogen) atoms. The van der Waals surface area contributed by atoms with E-state index in [1.807, 2.05) is 0 Å². The molecular formula is C4H10O2Sn. The fraction of sp³-hybridized carbons (Fsp3) is 1.00. The Morgan fingerprint density at radius 3 is 2.57 bits per heavy atom. The molecule has 0 saturated carbocycles. The molecule has 0 aliphatic heterocycles. The number of hydrogen-bond acceptors (Lipinski definition) is 2. The van der Waals surface area contributed by atoms with Crippen molar-refractivity contribution in [3.63, 3.8) is 0 Å². The molecule has 0 aromatic heterocycles. The van der Waals surface area contributed by atoms with Gasteiger partial charge in [0.15, 0.2) is 0 Å². The van der Waals surface area contributed by atoms with Gasteiger partial charge in [-0.25, -0.2) is 0 Å². The van der Waals surface area contributed by atoms with E-state index in [1.165, 1.54) is 0 Å². The first-order valence-corrected chi connectivity index (χ1v) is 6.14. The van der Waals surface area contributed by atoms with E-state index in [4.69, 9.17) is 5.11 Å². The minimum absolute atomic E-state index is 0.253. The van der Waals surface area contributed by atoms with E-state index in [2.05, 4.69) is 0 Å². The zero-order valence-corrected chi connectivity index (χ0v) is 7.56. The Labute approximate surface area is 53.5 Å². The van der Waals surface area contributed by atoms with Crippen molar-refractivity contribution in [3.8, 4) is 0 Å². The molecule has 42 valence electrons. The molecule has 0 bridgehead atoms. The van der Waals surface area contributed by atoms with E-state index in [9.17, 15) is 3.08 Å². The molecule has 3 heteroatoms. The van der Waals surface area contributed by atoms with Crippen molar-refractivity contribution in [2.75, 3.05) is 6.61 Å². The Morgan fingerprint density at radius 1 is 1.43 bits per heavy atom. The second-order valence-electron chi connectivity index (χ2n) is 1.39. The monoisotopic (exact) mass is 210 g/mol. The number of rotatable bonds is 4. The van der Waals surface area contributed by atoms with Crippen molar-refractivity contribution in [2.24, 2.45) is 0 Å². The summed E-state index contributed by atoms with van der Waals surface area (Å²) in [5.41, 5.74) is 0. The normalized spacial score (nSPS) is 8.71. The van der Waals surface area contributed by atoms with Crippen molar-refractivity contribution in [2.45, 2.75) is 17.3 Å². The molecule has 0 aliphatic carbocycles. The Morgan fingerprint density at radius 2 is 2.14 bits per heavy atom. The molecule has 0 radical (unpaired) electrons. The number of unbranched alkanes of at least 4 members (excludes halogenated alkanes) is 1. The van der Waals surface area contributed by atoms with Crippen LogP contribution >= 0.6 is 0 Å². The summed E-state index contributed by atoms with van der Waals surface area (Å²) in [7, 11) is 0. The summed E-state index contributed by atoms with van der Waals surface area (Å²) in [5, 5.41) is 8.21. The molecule has 1 N–H and O–H groups in total. The van der Waals surface area contributed by atoms with Crippen LogP contribution in [0.1, 0.15) is 12.8 Å². The summed E-state index contributed by atoms with van der Waals surface area (Å²) in [6, 6.07) is 0. The van der Waals surface area contributed by atoms with Gasteiger partial charge < -0.3 is 0 Å². The molecule has 0 saturated heterocycles. The molecule has 0 aliphatic rings. The van der Waals surface area contributed by atoms with Gasteiger partial charge in [0.1, 0.15) is 0 Å². The summed E-state index contributed by atoms with van der Waals surface area (Å²) in [6.45, 7) is 0.253. The number of aliphatic hydroxyl groups excluding tert-OH is 1. The van der Waals surface area contributed by atoms with Gasteiger partial charge in [0, 0.05) is 0 Å². The van der Waals surface area contributed by atoms with E-state index in [-0.39, 0.29) is 6.61 Å². The zero-order valence-electron chi connectivity index (χ0n) is 4.26. The number of aliphatic hydroxyl groups is 1. The van der Waals surface area contributed by atoms with Crippen molar-refractivity contribution < 1.29 is 8.18 Å². The standard InChI is InChI=1S/C4H9O.O.Sn.H/c1-2-3-4-5;;;/h5H,1-4H2;;;. The van der Waals surface area contributed by atoms with E-state index in [0.717, 1.165) is 17.3 Å². The van der Waals surface area contributed by atoms with Crippen LogP contribution in [0.4, 0.5) is 0 Å². The Balaban J connectivity index is 2.56. The Hall–Kier alpha value is 0.559. The van der Waals surface area contributed by atoms with Crippen molar-refractivity contribution in [3.05, 3.63) is 0 Å². The van der Waals surface area contributed by atoms with Gasteiger partial charge >= 0.3 is 53.2 Å². The quantitative estimate of drug-likeness (QED) is 0.520. The fourth-order valence-corrected chi connectivity index (χ4v) is 1.64. The van der Waals surface area contributed by atoms with Crippen LogP contribution in [-0.4, -0.2) is 32.8 Å². The van der Waals surface area contributed by atoms with Gasteiger partial charge in [-0.05, 0) is 0 Å². The predicted molar refractivity (Wildman–Crippen MR) is 29.0 cm³/mol. The van der Waals surface area contributed by atoms with E-state index in [0.29, 0.717) is 0 Å². The van der Waals surface area contributed by atoms with Crippen LogP contribution in [0, 0.1) is 0 Å². The third kappa shape index (κ3) is 6.56.